The molecule has 0 saturated heterocycles. The van der Waals surface area contributed by atoms with Crippen molar-refractivity contribution in [2.45, 2.75) is 25.9 Å². The van der Waals surface area contributed by atoms with Crippen LogP contribution in [0.2, 0.25) is 0 Å². The minimum absolute atomic E-state index is 0.369. The average Bonchev–Trinajstić information content (AvgIpc) is 2.89. The molecule has 0 fully saturated rings. The van der Waals surface area contributed by atoms with Crippen molar-refractivity contribution in [2.24, 2.45) is 0 Å². The first-order valence-electron chi connectivity index (χ1n) is 11.1. The number of carbonyl (C=O) groups is 4. The van der Waals surface area contributed by atoms with E-state index in [1.807, 2.05) is 50.2 Å². The maximum absolute atomic E-state index is 13.3. The van der Waals surface area contributed by atoms with Crippen LogP contribution in [-0.4, -0.2) is 64.4 Å². The Hall–Kier alpha value is -4.34. The van der Waals surface area contributed by atoms with Crippen LogP contribution in [0.15, 0.2) is 47.5 Å². The molecule has 2 aliphatic rings. The first-order valence-corrected chi connectivity index (χ1v) is 11.1. The van der Waals surface area contributed by atoms with Gasteiger partial charge in [-0.25, -0.2) is 19.2 Å². The number of aryl methyl sites for hydroxylation is 2. The van der Waals surface area contributed by atoms with Gasteiger partial charge in [-0.1, -0.05) is 24.3 Å². The molecular formula is C26H26N2O8. The van der Waals surface area contributed by atoms with Crippen molar-refractivity contribution in [3.8, 4) is 11.1 Å². The van der Waals surface area contributed by atoms with Gasteiger partial charge < -0.3 is 18.9 Å². The van der Waals surface area contributed by atoms with Crippen LogP contribution in [0.25, 0.3) is 11.1 Å². The zero-order valence-electron chi connectivity index (χ0n) is 20.8. The van der Waals surface area contributed by atoms with Crippen LogP contribution in [0.5, 0.6) is 0 Å². The molecule has 0 spiro atoms. The molecule has 2 aliphatic heterocycles. The molecule has 10 nitrogen and oxygen atoms in total. The quantitative estimate of drug-likeness (QED) is 0.463. The van der Waals surface area contributed by atoms with E-state index in [1.165, 1.54) is 24.2 Å². The van der Waals surface area contributed by atoms with Crippen LogP contribution in [-0.2, 0) is 38.1 Å². The Labute approximate surface area is 207 Å². The molecule has 2 unspecified atom stereocenters. The van der Waals surface area contributed by atoms with Crippen molar-refractivity contribution in [3.63, 3.8) is 0 Å². The van der Waals surface area contributed by atoms with E-state index < -0.39 is 36.0 Å². The summed E-state index contributed by atoms with van der Waals surface area (Å²) >= 11 is 0. The fourth-order valence-electron chi connectivity index (χ4n) is 4.74. The maximum atomic E-state index is 13.3. The van der Waals surface area contributed by atoms with E-state index in [2.05, 4.69) is 0 Å². The van der Waals surface area contributed by atoms with Crippen molar-refractivity contribution in [3.05, 3.63) is 58.7 Å². The van der Waals surface area contributed by atoms with Crippen molar-refractivity contribution in [2.75, 3.05) is 38.5 Å². The highest BCUT2D eigenvalue weighted by atomic mass is 16.5. The van der Waals surface area contributed by atoms with Crippen LogP contribution < -0.4 is 10.0 Å². The lowest BCUT2D eigenvalue weighted by atomic mass is 9.86. The van der Waals surface area contributed by atoms with Crippen molar-refractivity contribution in [1.82, 2.24) is 0 Å². The molecule has 2 aromatic carbocycles. The van der Waals surface area contributed by atoms with Gasteiger partial charge in [0.25, 0.3) is 0 Å². The molecule has 0 N–H and O–H groups in total. The smallest absolute Gasteiger partial charge is 0.337 e. The van der Waals surface area contributed by atoms with Crippen molar-refractivity contribution < 1.29 is 38.1 Å². The van der Waals surface area contributed by atoms with Crippen LogP contribution in [0.3, 0.4) is 0 Å². The van der Waals surface area contributed by atoms with E-state index >= 15 is 0 Å². The average molecular weight is 495 g/mol. The Balaban J connectivity index is 2.21. The highest BCUT2D eigenvalue weighted by Gasteiger charge is 2.55. The number of fused-ring (bicyclic) bond motifs is 6. The maximum Gasteiger partial charge on any atom is 0.337 e. The molecule has 2 aromatic rings. The summed E-state index contributed by atoms with van der Waals surface area (Å²) in [6.07, 6.45) is 0. The lowest BCUT2D eigenvalue weighted by Gasteiger charge is -2.52. The summed E-state index contributed by atoms with van der Waals surface area (Å²) in [7, 11) is 4.58. The monoisotopic (exact) mass is 494 g/mol. The number of hydrogen-bond acceptors (Lipinski definition) is 10. The summed E-state index contributed by atoms with van der Waals surface area (Å²) in [6, 6.07) is 8.36. The highest BCUT2D eigenvalue weighted by molar-refractivity contribution is 6.14. The Kier molecular flexibility index (Phi) is 6.45. The predicted molar refractivity (Wildman–Crippen MR) is 129 cm³/mol. The number of ether oxygens (including phenoxy) is 4. The summed E-state index contributed by atoms with van der Waals surface area (Å²) < 4.78 is 20.1. The zero-order chi connectivity index (χ0) is 26.3. The lowest BCUT2D eigenvalue weighted by molar-refractivity contribution is -0.148. The van der Waals surface area contributed by atoms with Gasteiger partial charge in [0.15, 0.2) is 12.1 Å². The molecule has 36 heavy (non-hydrogen) atoms. The van der Waals surface area contributed by atoms with Gasteiger partial charge in [-0.05, 0) is 37.1 Å². The first-order chi connectivity index (χ1) is 17.2. The summed E-state index contributed by atoms with van der Waals surface area (Å²) in [5.41, 5.74) is 3.57. The fraction of sp³-hybridized carbons (Fsp3) is 0.308. The topological polar surface area (TPSA) is 112 Å². The molecule has 0 bridgehead atoms. The van der Waals surface area contributed by atoms with E-state index in [0.717, 1.165) is 36.5 Å². The third-order valence-corrected chi connectivity index (χ3v) is 6.31. The number of rotatable bonds is 4. The summed E-state index contributed by atoms with van der Waals surface area (Å²) in [4.78, 5) is 52.9. The minimum atomic E-state index is -1.47. The molecule has 0 radical (unpaired) electrons. The fourth-order valence-corrected chi connectivity index (χ4v) is 4.74. The largest absolute Gasteiger partial charge is 0.467 e. The summed E-state index contributed by atoms with van der Waals surface area (Å²) in [6.45, 7) is 3.75. The van der Waals surface area contributed by atoms with Gasteiger partial charge in [-0.15, -0.1) is 0 Å². The normalized spacial score (nSPS) is 17.9. The molecular weight excluding hydrogens is 468 g/mol. The Morgan fingerprint density at radius 1 is 0.611 bits per heavy atom. The van der Waals surface area contributed by atoms with E-state index in [1.54, 1.807) is 0 Å². The molecule has 2 heterocycles. The molecule has 0 amide bonds. The Bertz CT molecular complexity index is 1220. The second kappa shape index (κ2) is 9.37. The first kappa shape index (κ1) is 24.8. The van der Waals surface area contributed by atoms with Crippen LogP contribution in [0.4, 0.5) is 11.4 Å². The predicted octanol–water partition coefficient (Wildman–Crippen LogP) is 2.25. The summed E-state index contributed by atoms with van der Waals surface area (Å²) in [5.74, 6) is -3.64. The number of benzene rings is 2. The zero-order valence-corrected chi connectivity index (χ0v) is 20.8. The molecule has 0 saturated carbocycles. The van der Waals surface area contributed by atoms with Crippen LogP contribution in [0, 0.1) is 13.8 Å². The van der Waals surface area contributed by atoms with Gasteiger partial charge in [0, 0.05) is 11.1 Å². The lowest BCUT2D eigenvalue weighted by Crippen LogP contribution is -2.66. The third kappa shape index (κ3) is 3.65. The molecule has 10 heteroatoms. The van der Waals surface area contributed by atoms with E-state index in [4.69, 9.17) is 18.9 Å². The van der Waals surface area contributed by atoms with Gasteiger partial charge in [-0.3, -0.25) is 10.0 Å². The number of hydrogen-bond donors (Lipinski definition) is 0. The third-order valence-electron chi connectivity index (χ3n) is 6.31. The standard InChI is InChI=1S/C26H26N2O8/c1-13-7-9-15-16-10-8-14(2)12-18(16)28-22(26(32)36-6)20(24(30)34-4)19(23(29)33-3)21(25(31)35-5)27(28)17(15)11-13/h7-12,21-22H,1-6H3. The molecule has 0 aromatic heterocycles. The number of carbonyl (C=O) groups excluding carboxylic acids is 4. The number of esters is 4. The second-order valence-corrected chi connectivity index (χ2v) is 8.39. The molecule has 2 atom stereocenters. The van der Waals surface area contributed by atoms with Gasteiger partial charge in [0.1, 0.15) is 0 Å². The Morgan fingerprint density at radius 3 is 1.28 bits per heavy atom. The minimum Gasteiger partial charge on any atom is -0.467 e. The molecule has 4 rings (SSSR count). The van der Waals surface area contributed by atoms with Gasteiger partial charge >= 0.3 is 23.9 Å². The van der Waals surface area contributed by atoms with E-state index in [-0.39, 0.29) is 11.1 Å². The van der Waals surface area contributed by atoms with Gasteiger partial charge in [0.05, 0.1) is 51.0 Å². The van der Waals surface area contributed by atoms with Crippen LogP contribution in [0.1, 0.15) is 11.1 Å². The Morgan fingerprint density at radius 2 is 0.972 bits per heavy atom. The SMILES string of the molecule is COC(=O)C1=C(C(=O)OC)C(C(=O)OC)N2c3cc(C)ccc3-c3ccc(C)cc3N2C1C(=O)OC. The number of nitrogens with zero attached hydrogens (tertiary/aromatic N) is 2. The number of hydrazine groups is 1. The molecule has 0 aliphatic carbocycles. The number of methoxy groups -OCH3 is 4. The van der Waals surface area contributed by atoms with Gasteiger partial charge in [-0.2, -0.15) is 0 Å². The van der Waals surface area contributed by atoms with Gasteiger partial charge in [0.2, 0.25) is 0 Å². The molecule has 188 valence electrons. The van der Waals surface area contributed by atoms with E-state index in [9.17, 15) is 19.2 Å². The summed E-state index contributed by atoms with van der Waals surface area (Å²) in [5, 5.41) is 2.99. The van der Waals surface area contributed by atoms with Crippen molar-refractivity contribution in [1.29, 1.82) is 0 Å². The van der Waals surface area contributed by atoms with Crippen LogP contribution >= 0.6 is 0 Å². The van der Waals surface area contributed by atoms with Crippen molar-refractivity contribution >= 4 is 35.3 Å². The highest BCUT2D eigenvalue weighted by Crippen LogP contribution is 2.50. The number of anilines is 2. The van der Waals surface area contributed by atoms with E-state index in [0.29, 0.717) is 11.4 Å². The second-order valence-electron chi connectivity index (χ2n) is 8.39.